The summed E-state index contributed by atoms with van der Waals surface area (Å²) in [6, 6.07) is 79.3. The molecule has 0 saturated heterocycles. The number of anilines is 4. The molecule has 12 aromatic rings. The number of pyridine rings is 1. The second kappa shape index (κ2) is 19.6. The van der Waals surface area contributed by atoms with E-state index in [-0.39, 0.29) is 37.3 Å². The number of para-hydroxylation sites is 4. The summed E-state index contributed by atoms with van der Waals surface area (Å²) in [4.78, 5) is 9.82. The van der Waals surface area contributed by atoms with Gasteiger partial charge in [-0.3, -0.25) is 0 Å². The first-order valence-corrected chi connectivity index (χ1v) is 27.1. The molecule has 0 N–H and O–H groups in total. The third-order valence-corrected chi connectivity index (χ3v) is 15.5. The van der Waals surface area contributed by atoms with E-state index in [1.807, 2.05) is 18.2 Å². The molecule has 6 nitrogen and oxygen atoms in total. The number of nitrogens with zero attached hydrogens (tertiary/aromatic N) is 5. The molecule has 0 saturated carbocycles. The number of ether oxygens (including phenoxy) is 1. The fourth-order valence-corrected chi connectivity index (χ4v) is 11.4. The van der Waals surface area contributed by atoms with Gasteiger partial charge in [-0.25, -0.2) is 4.98 Å². The van der Waals surface area contributed by atoms with Crippen LogP contribution in [0.1, 0.15) is 79.0 Å². The van der Waals surface area contributed by atoms with Crippen molar-refractivity contribution in [2.45, 2.75) is 78.6 Å². The molecule has 0 fully saturated rings. The van der Waals surface area contributed by atoms with Gasteiger partial charge < -0.3 is 23.7 Å². The average molecular weight is 1210 g/mol. The minimum atomic E-state index is -0.192. The van der Waals surface area contributed by atoms with E-state index < -0.39 is 0 Å². The summed E-state index contributed by atoms with van der Waals surface area (Å²) in [5, 5.41) is 4.60. The Balaban J connectivity index is 0.00000623. The maximum Gasteiger partial charge on any atom is 0.135 e. The SMILES string of the molecule is CC(C)(C)c1ccc(-c2cnc(-n3c4[c-]c(Oc5[c-]c(N6[CH-]N(c7cc(-c8ccccc8)cc(C(C)(C)C)c7)c7ccccc76)ccc5)ccc4c4cc(-n5c6ccccc6c6ccccc65)ccc43)cc2C(C)(C)C)cc1.[Pt]. The van der Waals surface area contributed by atoms with E-state index in [1.54, 1.807) is 0 Å². The Morgan fingerprint density at radius 3 is 1.75 bits per heavy atom. The van der Waals surface area contributed by atoms with Crippen LogP contribution in [0.3, 0.4) is 0 Å². The summed E-state index contributed by atoms with van der Waals surface area (Å²) in [5.74, 6) is 1.98. The first-order valence-electron chi connectivity index (χ1n) is 27.1. The third-order valence-electron chi connectivity index (χ3n) is 15.5. The minimum absolute atomic E-state index is 0. The van der Waals surface area contributed by atoms with Gasteiger partial charge in [0, 0.05) is 83.4 Å². The zero-order valence-electron chi connectivity index (χ0n) is 46.2. The van der Waals surface area contributed by atoms with Crippen molar-refractivity contribution in [2.75, 3.05) is 9.80 Å². The number of rotatable bonds is 8. The first kappa shape index (κ1) is 51.6. The number of hydrogen-bond donors (Lipinski definition) is 0. The van der Waals surface area contributed by atoms with Crippen LogP contribution in [-0.2, 0) is 37.3 Å². The summed E-state index contributed by atoms with van der Waals surface area (Å²) < 4.78 is 11.5. The maximum absolute atomic E-state index is 6.86. The third kappa shape index (κ3) is 9.30. The van der Waals surface area contributed by atoms with Gasteiger partial charge in [-0.1, -0.05) is 177 Å². The Labute approximate surface area is 478 Å². The topological polar surface area (TPSA) is 38.5 Å². The van der Waals surface area contributed by atoms with Crippen molar-refractivity contribution in [1.29, 1.82) is 0 Å². The van der Waals surface area contributed by atoms with Crippen LogP contribution in [0.4, 0.5) is 22.7 Å². The second-order valence-corrected chi connectivity index (χ2v) is 23.9. The van der Waals surface area contributed by atoms with Crippen LogP contribution in [0.15, 0.2) is 206 Å². The van der Waals surface area contributed by atoms with Crippen molar-refractivity contribution in [3.63, 3.8) is 0 Å². The molecule has 1 aliphatic heterocycles. The van der Waals surface area contributed by atoms with Crippen molar-refractivity contribution >= 4 is 66.4 Å². The molecule has 9 aromatic carbocycles. The summed E-state index contributed by atoms with van der Waals surface area (Å²) in [7, 11) is 0. The molecule has 0 spiro atoms. The first-order chi connectivity index (χ1) is 37.5. The Hall–Kier alpha value is -8.18. The summed E-state index contributed by atoms with van der Waals surface area (Å²) in [6.45, 7) is 22.6. The van der Waals surface area contributed by atoms with Crippen molar-refractivity contribution in [1.82, 2.24) is 14.1 Å². The van der Waals surface area contributed by atoms with E-state index >= 15 is 0 Å². The quantitative estimate of drug-likeness (QED) is 0.142. The van der Waals surface area contributed by atoms with Gasteiger partial charge in [0.25, 0.3) is 0 Å². The molecule has 1 aliphatic rings. The molecule has 7 heteroatoms. The van der Waals surface area contributed by atoms with Gasteiger partial charge in [-0.05, 0) is 116 Å². The van der Waals surface area contributed by atoms with Crippen LogP contribution in [0.25, 0.3) is 77.4 Å². The van der Waals surface area contributed by atoms with Crippen LogP contribution in [0.2, 0.25) is 0 Å². The van der Waals surface area contributed by atoms with Crippen molar-refractivity contribution in [2.24, 2.45) is 0 Å². The van der Waals surface area contributed by atoms with Gasteiger partial charge >= 0.3 is 0 Å². The zero-order valence-corrected chi connectivity index (χ0v) is 48.4. The van der Waals surface area contributed by atoms with Gasteiger partial charge in [0.1, 0.15) is 5.82 Å². The van der Waals surface area contributed by atoms with E-state index in [1.165, 1.54) is 49.6 Å². The molecule has 3 aromatic heterocycles. The molecule has 13 rings (SSSR count). The van der Waals surface area contributed by atoms with Gasteiger partial charge in [0.15, 0.2) is 0 Å². The Morgan fingerprint density at radius 2 is 1.06 bits per heavy atom. The molecule has 0 bridgehead atoms. The number of aromatic nitrogens is 3. The monoisotopic (exact) mass is 1210 g/mol. The summed E-state index contributed by atoms with van der Waals surface area (Å²) >= 11 is 0. The predicted molar refractivity (Wildman–Crippen MR) is 326 cm³/mol. The minimum Gasteiger partial charge on any atom is -0.509 e. The Morgan fingerprint density at radius 1 is 0.430 bits per heavy atom. The largest absolute Gasteiger partial charge is 0.509 e. The normalized spacial score (nSPS) is 12.9. The van der Waals surface area contributed by atoms with Crippen molar-refractivity contribution in [3.05, 3.63) is 242 Å². The molecule has 0 unspecified atom stereocenters. The van der Waals surface area contributed by atoms with Crippen LogP contribution in [0.5, 0.6) is 11.5 Å². The average Bonchev–Trinajstić information content (AvgIpc) is 4.34. The molecule has 394 valence electrons. The molecule has 79 heavy (non-hydrogen) atoms. The molecule has 0 amide bonds. The number of hydrogen-bond acceptors (Lipinski definition) is 4. The van der Waals surface area contributed by atoms with E-state index in [4.69, 9.17) is 9.72 Å². The fraction of sp³-hybridized carbons (Fsp3) is 0.167. The zero-order chi connectivity index (χ0) is 53.7. The van der Waals surface area contributed by atoms with Crippen LogP contribution < -0.4 is 14.5 Å². The Bertz CT molecular complexity index is 4230. The van der Waals surface area contributed by atoms with Crippen LogP contribution in [0, 0.1) is 18.8 Å². The number of fused-ring (bicyclic) bond motifs is 7. The molecule has 0 aliphatic carbocycles. The molecule has 0 atom stereocenters. The maximum atomic E-state index is 6.86. The van der Waals surface area contributed by atoms with E-state index in [0.29, 0.717) is 11.5 Å². The molecule has 0 radical (unpaired) electrons. The van der Waals surface area contributed by atoms with E-state index in [0.717, 1.165) is 67.2 Å². The summed E-state index contributed by atoms with van der Waals surface area (Å²) in [5.41, 5.74) is 17.7. The van der Waals surface area contributed by atoms with Crippen molar-refractivity contribution in [3.8, 4) is 45.3 Å². The van der Waals surface area contributed by atoms with Crippen LogP contribution in [-0.4, -0.2) is 14.1 Å². The smallest absolute Gasteiger partial charge is 0.135 e. The van der Waals surface area contributed by atoms with Crippen molar-refractivity contribution < 1.29 is 25.8 Å². The standard InChI is InChI=1S/C72H62N5O.Pt/c1-70(2,3)50-32-30-48(31-33-50)61-45-73-69(44-62(61)72(7,8)9)77-65-37-34-53(76-63-26-15-13-24-57(63)58-25-14-16-27-64(58)76)42-60(65)59-36-35-56(43-68(59)77)78-55-23-19-22-52(41-55)74-46-75(67-29-18-17-28-66(67)74)54-39-49(47-20-11-10-12-21-47)38-51(40-54)71(4,5)6;/h10-40,42,44-46H,1-9H3;/q-3;. The number of benzene rings is 9. The molecular weight excluding hydrogens is 1150 g/mol. The fourth-order valence-electron chi connectivity index (χ4n) is 11.4. The molecular formula is C72H62N5OPt-3. The molecule has 4 heterocycles. The van der Waals surface area contributed by atoms with E-state index in [9.17, 15) is 0 Å². The summed E-state index contributed by atoms with van der Waals surface area (Å²) in [6.07, 6.45) is 2.06. The van der Waals surface area contributed by atoms with Gasteiger partial charge in [0.2, 0.25) is 0 Å². The second-order valence-electron chi connectivity index (χ2n) is 23.9. The van der Waals surface area contributed by atoms with Crippen LogP contribution >= 0.6 is 0 Å². The van der Waals surface area contributed by atoms with Gasteiger partial charge in [-0.2, -0.15) is 12.1 Å². The predicted octanol–water partition coefficient (Wildman–Crippen LogP) is 19.3. The Kier molecular flexibility index (Phi) is 12.8. The van der Waals surface area contributed by atoms with Gasteiger partial charge in [-0.15, -0.1) is 48.1 Å². The van der Waals surface area contributed by atoms with Gasteiger partial charge in [0.05, 0.1) is 11.0 Å². The van der Waals surface area contributed by atoms with E-state index in [2.05, 4.69) is 288 Å².